The van der Waals surface area contributed by atoms with Crippen LogP contribution in [0.25, 0.3) is 0 Å². The molecule has 6 heteroatoms. The highest BCUT2D eigenvalue weighted by Crippen LogP contribution is 2.61. The van der Waals surface area contributed by atoms with Crippen LogP contribution < -0.4 is 0 Å². The number of allylic oxidation sites excluding steroid dienone is 1. The fraction of sp³-hybridized carbons (Fsp3) is 0.800. The maximum atomic E-state index is 11.8. The minimum atomic E-state index is -1.69. The Morgan fingerprint density at radius 3 is 3.00 bits per heavy atom. The third kappa shape index (κ3) is 1.90. The van der Waals surface area contributed by atoms with Gasteiger partial charge in [0.05, 0.1) is 6.61 Å². The number of carboxylic acid groups (broad SMARTS) is 1. The number of hydrogen-bond acceptors (Lipinski definition) is 5. The Labute approximate surface area is 124 Å². The van der Waals surface area contributed by atoms with E-state index in [-0.39, 0.29) is 12.3 Å². The molecule has 3 aliphatic rings. The van der Waals surface area contributed by atoms with E-state index in [1.54, 1.807) is 6.08 Å². The molecule has 1 aliphatic carbocycles. The summed E-state index contributed by atoms with van der Waals surface area (Å²) in [5.41, 5.74) is -0.797. The van der Waals surface area contributed by atoms with Crippen molar-refractivity contribution < 1.29 is 28.8 Å². The van der Waals surface area contributed by atoms with E-state index < -0.39 is 23.3 Å². The topological polar surface area (TPSA) is 74.2 Å². The average molecular weight is 298 g/mol. The number of methoxy groups -OCH3 is 1. The van der Waals surface area contributed by atoms with Crippen molar-refractivity contribution in [2.45, 2.75) is 55.9 Å². The Morgan fingerprint density at radius 1 is 1.52 bits per heavy atom. The molecule has 3 fully saturated rings. The molecule has 1 N–H and O–H groups in total. The molecule has 6 nitrogen and oxygen atoms in total. The number of ether oxygens (including phenoxy) is 4. The molecule has 0 aromatic rings. The average Bonchev–Trinajstić information content (AvgIpc) is 3.05. The van der Waals surface area contributed by atoms with Gasteiger partial charge in [0.2, 0.25) is 0 Å². The van der Waals surface area contributed by atoms with Gasteiger partial charge in [0.15, 0.2) is 5.60 Å². The SMILES string of the molecule is C=CCCCC1(C(=O)O)OC2(OC)OCC3CCCC32O1. The van der Waals surface area contributed by atoms with Gasteiger partial charge in [0.25, 0.3) is 5.79 Å². The molecule has 0 bridgehead atoms. The van der Waals surface area contributed by atoms with Crippen LogP contribution in [0.5, 0.6) is 0 Å². The second kappa shape index (κ2) is 5.05. The molecule has 1 saturated carbocycles. The number of carbonyl (C=O) groups is 1. The Kier molecular flexibility index (Phi) is 3.60. The number of aliphatic carboxylic acids is 1. The van der Waals surface area contributed by atoms with E-state index >= 15 is 0 Å². The van der Waals surface area contributed by atoms with E-state index in [0.717, 1.165) is 12.8 Å². The van der Waals surface area contributed by atoms with Gasteiger partial charge in [0.1, 0.15) is 0 Å². The second-order valence-electron chi connectivity index (χ2n) is 5.99. The van der Waals surface area contributed by atoms with Crippen LogP contribution in [0.1, 0.15) is 38.5 Å². The Bertz CT molecular complexity index is 451. The molecule has 0 aromatic heterocycles. The smallest absolute Gasteiger partial charge is 0.364 e. The summed E-state index contributed by atoms with van der Waals surface area (Å²) in [5, 5.41) is 9.66. The Hall–Kier alpha value is -0.950. The maximum absolute atomic E-state index is 11.8. The molecule has 4 unspecified atom stereocenters. The van der Waals surface area contributed by atoms with Crippen molar-refractivity contribution >= 4 is 5.97 Å². The normalized spacial score (nSPS) is 44.5. The number of unbranched alkanes of at least 4 members (excludes halogenated alkanes) is 1. The molecular formula is C15H22O6. The van der Waals surface area contributed by atoms with E-state index in [1.807, 2.05) is 0 Å². The molecule has 0 amide bonds. The van der Waals surface area contributed by atoms with E-state index in [0.29, 0.717) is 25.9 Å². The van der Waals surface area contributed by atoms with Gasteiger partial charge in [0, 0.05) is 19.4 Å². The van der Waals surface area contributed by atoms with Crippen molar-refractivity contribution in [3.05, 3.63) is 12.7 Å². The first kappa shape index (κ1) is 15.0. The van der Waals surface area contributed by atoms with Crippen molar-refractivity contribution in [2.75, 3.05) is 13.7 Å². The monoisotopic (exact) mass is 298 g/mol. The summed E-state index contributed by atoms with van der Waals surface area (Å²) < 4.78 is 23.1. The minimum Gasteiger partial charge on any atom is -0.477 e. The van der Waals surface area contributed by atoms with Crippen LogP contribution in [-0.2, 0) is 23.7 Å². The molecule has 0 radical (unpaired) electrons. The van der Waals surface area contributed by atoms with Crippen LogP contribution in [0.15, 0.2) is 12.7 Å². The van der Waals surface area contributed by atoms with Gasteiger partial charge in [-0.2, -0.15) is 0 Å². The molecule has 2 saturated heterocycles. The first-order chi connectivity index (χ1) is 10.0. The van der Waals surface area contributed by atoms with E-state index in [9.17, 15) is 9.90 Å². The van der Waals surface area contributed by atoms with Crippen LogP contribution >= 0.6 is 0 Å². The number of hydrogen-bond donors (Lipinski definition) is 1. The number of carboxylic acids is 1. The highest BCUT2D eigenvalue weighted by Gasteiger charge is 2.77. The lowest BCUT2D eigenvalue weighted by Crippen LogP contribution is -2.50. The summed E-state index contributed by atoms with van der Waals surface area (Å²) in [5.74, 6) is -4.08. The van der Waals surface area contributed by atoms with Crippen LogP contribution in [0, 0.1) is 5.92 Å². The second-order valence-corrected chi connectivity index (χ2v) is 5.99. The third-order valence-corrected chi connectivity index (χ3v) is 4.91. The molecule has 2 aliphatic heterocycles. The summed E-state index contributed by atoms with van der Waals surface area (Å²) in [4.78, 5) is 11.8. The summed E-state index contributed by atoms with van der Waals surface area (Å²) in [6.07, 6.45) is 5.93. The summed E-state index contributed by atoms with van der Waals surface area (Å²) >= 11 is 0. The minimum absolute atomic E-state index is 0.123. The first-order valence-corrected chi connectivity index (χ1v) is 7.48. The molecule has 118 valence electrons. The van der Waals surface area contributed by atoms with Crippen molar-refractivity contribution in [1.29, 1.82) is 0 Å². The zero-order valence-corrected chi connectivity index (χ0v) is 12.3. The Balaban J connectivity index is 1.92. The molecule has 1 spiro atoms. The highest BCUT2D eigenvalue weighted by atomic mass is 17.0. The summed E-state index contributed by atoms with van der Waals surface area (Å²) in [7, 11) is 1.48. The van der Waals surface area contributed by atoms with Crippen molar-refractivity contribution in [3.63, 3.8) is 0 Å². The molecule has 0 aromatic carbocycles. The Morgan fingerprint density at radius 2 is 2.33 bits per heavy atom. The van der Waals surface area contributed by atoms with E-state index in [1.165, 1.54) is 7.11 Å². The summed E-state index contributed by atoms with van der Waals surface area (Å²) in [6.45, 7) is 4.14. The fourth-order valence-electron chi connectivity index (χ4n) is 3.90. The molecule has 4 atom stereocenters. The zero-order chi connectivity index (χ0) is 15.1. The van der Waals surface area contributed by atoms with Crippen LogP contribution in [0.3, 0.4) is 0 Å². The van der Waals surface area contributed by atoms with E-state index in [2.05, 4.69) is 6.58 Å². The quantitative estimate of drug-likeness (QED) is 0.597. The van der Waals surface area contributed by atoms with Gasteiger partial charge in [-0.15, -0.1) is 6.58 Å². The van der Waals surface area contributed by atoms with E-state index in [4.69, 9.17) is 18.9 Å². The van der Waals surface area contributed by atoms with Crippen LogP contribution in [0.2, 0.25) is 0 Å². The van der Waals surface area contributed by atoms with Gasteiger partial charge in [-0.25, -0.2) is 4.79 Å². The lowest BCUT2D eigenvalue weighted by Gasteiger charge is -2.32. The lowest BCUT2D eigenvalue weighted by molar-refractivity contribution is -0.369. The predicted molar refractivity (Wildman–Crippen MR) is 72.3 cm³/mol. The molecule has 2 heterocycles. The molecular weight excluding hydrogens is 276 g/mol. The van der Waals surface area contributed by atoms with Crippen molar-refractivity contribution in [1.82, 2.24) is 0 Å². The molecule has 21 heavy (non-hydrogen) atoms. The largest absolute Gasteiger partial charge is 0.477 e. The van der Waals surface area contributed by atoms with Gasteiger partial charge in [-0.05, 0) is 32.1 Å². The van der Waals surface area contributed by atoms with Gasteiger partial charge >= 0.3 is 11.9 Å². The number of rotatable bonds is 6. The standard InChI is InChI=1S/C15H22O6/c1-3-4-5-9-14(12(16)17)20-13-8-6-7-11(13)10-19-15(13,18-2)21-14/h3,11H,1,4-10H2,2H3,(H,16,17). The zero-order valence-electron chi connectivity index (χ0n) is 12.3. The summed E-state index contributed by atoms with van der Waals surface area (Å²) in [6, 6.07) is 0. The lowest BCUT2D eigenvalue weighted by atomic mass is 9.91. The first-order valence-electron chi connectivity index (χ1n) is 7.48. The predicted octanol–water partition coefficient (Wildman–Crippen LogP) is 2.04. The van der Waals surface area contributed by atoms with Gasteiger partial charge in [-0.1, -0.05) is 6.08 Å². The fourth-order valence-corrected chi connectivity index (χ4v) is 3.90. The van der Waals surface area contributed by atoms with Crippen LogP contribution in [0.4, 0.5) is 0 Å². The van der Waals surface area contributed by atoms with Crippen molar-refractivity contribution in [3.8, 4) is 0 Å². The third-order valence-electron chi connectivity index (χ3n) is 4.91. The maximum Gasteiger partial charge on any atom is 0.364 e. The van der Waals surface area contributed by atoms with Crippen LogP contribution in [-0.4, -0.2) is 42.2 Å². The van der Waals surface area contributed by atoms with Gasteiger partial charge < -0.3 is 19.3 Å². The highest BCUT2D eigenvalue weighted by molar-refractivity contribution is 5.76. The van der Waals surface area contributed by atoms with Gasteiger partial charge in [-0.3, -0.25) is 4.74 Å². The van der Waals surface area contributed by atoms with Crippen molar-refractivity contribution in [2.24, 2.45) is 5.92 Å². The molecule has 3 rings (SSSR count).